The summed E-state index contributed by atoms with van der Waals surface area (Å²) in [7, 11) is 0. The van der Waals surface area contributed by atoms with E-state index in [0.717, 1.165) is 19.4 Å². The molecule has 1 aliphatic rings. The molecular formula is C7H14ClF2N. The van der Waals surface area contributed by atoms with Crippen LogP contribution >= 0.6 is 12.4 Å². The van der Waals surface area contributed by atoms with Gasteiger partial charge in [0.15, 0.2) is 0 Å². The van der Waals surface area contributed by atoms with Gasteiger partial charge >= 0.3 is 0 Å². The van der Waals surface area contributed by atoms with Crippen molar-refractivity contribution in [1.82, 2.24) is 5.32 Å². The van der Waals surface area contributed by atoms with Crippen molar-refractivity contribution in [3.8, 4) is 0 Å². The second kappa shape index (κ2) is 5.72. The topological polar surface area (TPSA) is 12.0 Å². The molecule has 11 heavy (non-hydrogen) atoms. The van der Waals surface area contributed by atoms with Gasteiger partial charge in [0.1, 0.15) is 0 Å². The van der Waals surface area contributed by atoms with Gasteiger partial charge < -0.3 is 5.32 Å². The van der Waals surface area contributed by atoms with E-state index in [4.69, 9.17) is 0 Å². The standard InChI is InChI=1S/C7H13F2N.ClH/c8-7(9)4-3-6-2-1-5-10-6;/h6-7,10H,1-5H2;1H. The summed E-state index contributed by atoms with van der Waals surface area (Å²) in [6, 6.07) is 0.369. The summed E-state index contributed by atoms with van der Waals surface area (Å²) >= 11 is 0. The summed E-state index contributed by atoms with van der Waals surface area (Å²) in [5.41, 5.74) is 0. The van der Waals surface area contributed by atoms with Gasteiger partial charge in [-0.3, -0.25) is 0 Å². The lowest BCUT2D eigenvalue weighted by Crippen LogP contribution is -2.21. The smallest absolute Gasteiger partial charge is 0.238 e. The quantitative estimate of drug-likeness (QED) is 0.711. The second-order valence-corrected chi connectivity index (χ2v) is 2.76. The first-order valence-corrected chi connectivity index (χ1v) is 3.80. The molecule has 68 valence electrons. The number of hydrogen-bond acceptors (Lipinski definition) is 1. The van der Waals surface area contributed by atoms with Crippen LogP contribution in [0.2, 0.25) is 0 Å². The van der Waals surface area contributed by atoms with Gasteiger partial charge in [0.2, 0.25) is 6.43 Å². The van der Waals surface area contributed by atoms with E-state index in [1.807, 2.05) is 0 Å². The third-order valence-corrected chi connectivity index (χ3v) is 1.90. The maximum Gasteiger partial charge on any atom is 0.238 e. The van der Waals surface area contributed by atoms with Gasteiger partial charge in [-0.2, -0.15) is 0 Å². The molecule has 1 nitrogen and oxygen atoms in total. The molecule has 0 bridgehead atoms. The zero-order chi connectivity index (χ0) is 7.40. The molecule has 0 aromatic heterocycles. The van der Waals surface area contributed by atoms with Crippen LogP contribution in [-0.4, -0.2) is 19.0 Å². The van der Waals surface area contributed by atoms with E-state index in [2.05, 4.69) is 5.32 Å². The average Bonchev–Trinajstić information content (AvgIpc) is 2.34. The van der Waals surface area contributed by atoms with Crippen molar-refractivity contribution in [2.45, 2.75) is 38.2 Å². The monoisotopic (exact) mass is 185 g/mol. The predicted molar refractivity (Wildman–Crippen MR) is 43.5 cm³/mol. The van der Waals surface area contributed by atoms with E-state index in [1.165, 1.54) is 0 Å². The molecule has 0 aromatic carbocycles. The highest BCUT2D eigenvalue weighted by Crippen LogP contribution is 2.13. The zero-order valence-electron chi connectivity index (χ0n) is 6.35. The molecule has 0 spiro atoms. The van der Waals surface area contributed by atoms with Crippen LogP contribution in [0.15, 0.2) is 0 Å². The fourth-order valence-corrected chi connectivity index (χ4v) is 1.33. The number of alkyl halides is 2. The molecule has 1 heterocycles. The average molecular weight is 186 g/mol. The Balaban J connectivity index is 0.000001000. The van der Waals surface area contributed by atoms with Crippen molar-refractivity contribution in [2.75, 3.05) is 6.54 Å². The van der Waals surface area contributed by atoms with Gasteiger partial charge in [-0.05, 0) is 25.8 Å². The summed E-state index contributed by atoms with van der Waals surface area (Å²) in [6.45, 7) is 1.01. The summed E-state index contributed by atoms with van der Waals surface area (Å²) in [5.74, 6) is 0. The van der Waals surface area contributed by atoms with E-state index in [-0.39, 0.29) is 18.8 Å². The Morgan fingerprint density at radius 2 is 2.18 bits per heavy atom. The van der Waals surface area contributed by atoms with Crippen molar-refractivity contribution in [2.24, 2.45) is 0 Å². The molecule has 1 N–H and O–H groups in total. The van der Waals surface area contributed by atoms with Gasteiger partial charge in [-0.25, -0.2) is 8.78 Å². The first-order valence-electron chi connectivity index (χ1n) is 3.80. The van der Waals surface area contributed by atoms with Gasteiger partial charge in [0.25, 0.3) is 0 Å². The molecular weight excluding hydrogens is 172 g/mol. The molecule has 0 amide bonds. The van der Waals surface area contributed by atoms with Crippen molar-refractivity contribution in [1.29, 1.82) is 0 Å². The molecule has 1 aliphatic heterocycles. The first-order chi connectivity index (χ1) is 4.79. The fraction of sp³-hybridized carbons (Fsp3) is 1.00. The Morgan fingerprint density at radius 1 is 1.45 bits per heavy atom. The summed E-state index contributed by atoms with van der Waals surface area (Å²) in [5, 5.41) is 3.18. The van der Waals surface area contributed by atoms with Crippen LogP contribution in [0.5, 0.6) is 0 Å². The maximum atomic E-state index is 11.7. The van der Waals surface area contributed by atoms with Crippen LogP contribution in [0.4, 0.5) is 8.78 Å². The van der Waals surface area contributed by atoms with Crippen LogP contribution < -0.4 is 5.32 Å². The Morgan fingerprint density at radius 3 is 2.64 bits per heavy atom. The minimum absolute atomic E-state index is 0. The van der Waals surface area contributed by atoms with Crippen molar-refractivity contribution in [3.63, 3.8) is 0 Å². The van der Waals surface area contributed by atoms with Crippen LogP contribution in [0.25, 0.3) is 0 Å². The number of hydrogen-bond donors (Lipinski definition) is 1. The summed E-state index contributed by atoms with van der Waals surface area (Å²) in [6.07, 6.45) is 0.790. The Labute approximate surface area is 72.0 Å². The SMILES string of the molecule is Cl.FC(F)CCC1CCCN1. The lowest BCUT2D eigenvalue weighted by molar-refractivity contribution is 0.131. The minimum atomic E-state index is -2.12. The molecule has 1 saturated heterocycles. The highest BCUT2D eigenvalue weighted by molar-refractivity contribution is 5.85. The maximum absolute atomic E-state index is 11.7. The number of rotatable bonds is 3. The van der Waals surface area contributed by atoms with E-state index < -0.39 is 6.43 Å². The Hall–Kier alpha value is 0.110. The molecule has 0 saturated carbocycles. The molecule has 4 heteroatoms. The molecule has 1 atom stereocenters. The fourth-order valence-electron chi connectivity index (χ4n) is 1.33. The van der Waals surface area contributed by atoms with Crippen molar-refractivity contribution in [3.05, 3.63) is 0 Å². The van der Waals surface area contributed by atoms with Crippen LogP contribution in [0.3, 0.4) is 0 Å². The van der Waals surface area contributed by atoms with E-state index in [0.29, 0.717) is 12.5 Å². The van der Waals surface area contributed by atoms with Gasteiger partial charge in [0, 0.05) is 12.5 Å². The third-order valence-electron chi connectivity index (χ3n) is 1.90. The van der Waals surface area contributed by atoms with Crippen LogP contribution in [0.1, 0.15) is 25.7 Å². The largest absolute Gasteiger partial charge is 0.314 e. The first kappa shape index (κ1) is 11.1. The number of halogens is 3. The molecule has 0 aromatic rings. The van der Waals surface area contributed by atoms with Gasteiger partial charge in [0.05, 0.1) is 0 Å². The van der Waals surface area contributed by atoms with Crippen LogP contribution in [-0.2, 0) is 0 Å². The Kier molecular flexibility index (Phi) is 5.78. The highest BCUT2D eigenvalue weighted by Gasteiger charge is 2.15. The summed E-state index contributed by atoms with van der Waals surface area (Å²) in [4.78, 5) is 0. The minimum Gasteiger partial charge on any atom is -0.314 e. The van der Waals surface area contributed by atoms with E-state index in [1.54, 1.807) is 0 Å². The number of nitrogens with one attached hydrogen (secondary N) is 1. The van der Waals surface area contributed by atoms with Gasteiger partial charge in [-0.1, -0.05) is 0 Å². The molecule has 0 radical (unpaired) electrons. The van der Waals surface area contributed by atoms with Gasteiger partial charge in [-0.15, -0.1) is 12.4 Å². The third kappa shape index (κ3) is 4.53. The zero-order valence-corrected chi connectivity index (χ0v) is 7.17. The van der Waals surface area contributed by atoms with Crippen molar-refractivity contribution >= 4 is 12.4 Å². The molecule has 1 fully saturated rings. The molecule has 1 unspecified atom stereocenters. The van der Waals surface area contributed by atoms with Crippen LogP contribution in [0, 0.1) is 0 Å². The van der Waals surface area contributed by atoms with Crippen molar-refractivity contribution < 1.29 is 8.78 Å². The Bertz CT molecular complexity index is 94.4. The summed E-state index contributed by atoms with van der Waals surface area (Å²) < 4.78 is 23.3. The molecule has 1 rings (SSSR count). The lowest BCUT2D eigenvalue weighted by atomic mass is 10.1. The van der Waals surface area contributed by atoms with E-state index >= 15 is 0 Å². The highest BCUT2D eigenvalue weighted by atomic mass is 35.5. The predicted octanol–water partition coefficient (Wildman–Crippen LogP) is 2.21. The molecule has 0 aliphatic carbocycles. The van der Waals surface area contributed by atoms with E-state index in [9.17, 15) is 8.78 Å². The second-order valence-electron chi connectivity index (χ2n) is 2.76. The normalized spacial score (nSPS) is 23.7. The lowest BCUT2D eigenvalue weighted by Gasteiger charge is -2.07.